The van der Waals surface area contributed by atoms with Crippen LogP contribution in [0.5, 0.6) is 0 Å². The Hall–Kier alpha value is -2.18. The van der Waals surface area contributed by atoms with E-state index in [-0.39, 0.29) is 11.1 Å². The number of benzene rings is 1. The van der Waals surface area contributed by atoms with Gasteiger partial charge in [0.05, 0.1) is 0 Å². The van der Waals surface area contributed by atoms with Gasteiger partial charge in [-0.2, -0.15) is 0 Å². The summed E-state index contributed by atoms with van der Waals surface area (Å²) in [7, 11) is 0. The van der Waals surface area contributed by atoms with Crippen LogP contribution in [0.25, 0.3) is 4.96 Å². The molecule has 1 amide bonds. The molecule has 5 nitrogen and oxygen atoms in total. The second-order valence-electron chi connectivity index (χ2n) is 4.80. The van der Waals surface area contributed by atoms with Gasteiger partial charge in [0.1, 0.15) is 5.56 Å². The summed E-state index contributed by atoms with van der Waals surface area (Å²) in [4.78, 5) is 30.6. The minimum atomic E-state index is -0.488. The number of aromatic nitrogens is 2. The maximum absolute atomic E-state index is 12.5. The van der Waals surface area contributed by atoms with Crippen LogP contribution in [0.2, 0.25) is 5.02 Å². The number of hydrogen-bond donors (Lipinski definition) is 1. The predicted molar refractivity (Wildman–Crippen MR) is 88.2 cm³/mol. The fourth-order valence-electron chi connectivity index (χ4n) is 2.06. The van der Waals surface area contributed by atoms with E-state index in [2.05, 4.69) is 10.3 Å². The molecule has 0 saturated carbocycles. The number of amides is 1. The standard InChI is InChI=1S/C15H12ClN3O2S/c1-8-9(2)22-15-17-7-12(14(21)19(8)15)13(20)18-11-5-3-10(16)4-6-11/h3-7H,1-2H3,(H,18,20). The van der Waals surface area contributed by atoms with Crippen molar-refractivity contribution in [2.75, 3.05) is 5.32 Å². The molecule has 3 aromatic rings. The van der Waals surface area contributed by atoms with Crippen molar-refractivity contribution in [1.82, 2.24) is 9.38 Å². The molecular weight excluding hydrogens is 322 g/mol. The van der Waals surface area contributed by atoms with E-state index in [0.29, 0.717) is 15.7 Å². The van der Waals surface area contributed by atoms with Gasteiger partial charge in [-0.1, -0.05) is 11.6 Å². The van der Waals surface area contributed by atoms with Gasteiger partial charge in [0, 0.05) is 27.5 Å². The monoisotopic (exact) mass is 333 g/mol. The lowest BCUT2D eigenvalue weighted by Gasteiger charge is -2.05. The van der Waals surface area contributed by atoms with Crippen molar-refractivity contribution < 1.29 is 4.79 Å². The minimum absolute atomic E-state index is 0.00773. The van der Waals surface area contributed by atoms with Gasteiger partial charge in [-0.3, -0.25) is 14.0 Å². The fraction of sp³-hybridized carbons (Fsp3) is 0.133. The van der Waals surface area contributed by atoms with Crippen molar-refractivity contribution in [1.29, 1.82) is 0 Å². The Morgan fingerprint density at radius 3 is 2.64 bits per heavy atom. The number of carbonyl (C=O) groups is 1. The number of carbonyl (C=O) groups excluding carboxylic acids is 1. The first-order chi connectivity index (χ1) is 10.5. The molecule has 3 rings (SSSR count). The third-order valence-electron chi connectivity index (χ3n) is 3.36. The second kappa shape index (κ2) is 5.55. The molecule has 0 spiro atoms. The molecule has 0 atom stereocenters. The molecule has 0 radical (unpaired) electrons. The number of nitrogens with zero attached hydrogens (tertiary/aromatic N) is 2. The van der Waals surface area contributed by atoms with Crippen LogP contribution in [0.15, 0.2) is 35.3 Å². The molecule has 7 heteroatoms. The number of thiazole rings is 1. The zero-order valence-corrected chi connectivity index (χ0v) is 13.5. The summed E-state index contributed by atoms with van der Waals surface area (Å²) in [5.74, 6) is -0.488. The van der Waals surface area contributed by atoms with E-state index in [0.717, 1.165) is 10.6 Å². The molecule has 0 unspecified atom stereocenters. The Kier molecular flexibility index (Phi) is 3.72. The third kappa shape index (κ3) is 2.51. The van der Waals surface area contributed by atoms with Gasteiger partial charge in [-0.25, -0.2) is 4.98 Å². The molecule has 0 fully saturated rings. The highest BCUT2D eigenvalue weighted by Gasteiger charge is 2.16. The van der Waals surface area contributed by atoms with Crippen LogP contribution in [-0.2, 0) is 0 Å². The highest BCUT2D eigenvalue weighted by molar-refractivity contribution is 7.17. The summed E-state index contributed by atoms with van der Waals surface area (Å²) in [6.07, 6.45) is 1.32. The number of anilines is 1. The first-order valence-electron chi connectivity index (χ1n) is 6.52. The Morgan fingerprint density at radius 1 is 1.27 bits per heavy atom. The molecule has 0 bridgehead atoms. The van der Waals surface area contributed by atoms with Crippen LogP contribution in [0.3, 0.4) is 0 Å². The molecule has 1 N–H and O–H groups in total. The van der Waals surface area contributed by atoms with Crippen LogP contribution in [0.1, 0.15) is 20.9 Å². The number of fused-ring (bicyclic) bond motifs is 1. The van der Waals surface area contributed by atoms with E-state index in [4.69, 9.17) is 11.6 Å². The molecule has 0 aliphatic rings. The average Bonchev–Trinajstić information content (AvgIpc) is 2.77. The summed E-state index contributed by atoms with van der Waals surface area (Å²) in [6.45, 7) is 3.75. The van der Waals surface area contributed by atoms with E-state index >= 15 is 0 Å². The maximum Gasteiger partial charge on any atom is 0.271 e. The van der Waals surface area contributed by atoms with Crippen LogP contribution < -0.4 is 10.9 Å². The smallest absolute Gasteiger partial charge is 0.271 e. The lowest BCUT2D eigenvalue weighted by molar-refractivity contribution is 0.102. The molecule has 112 valence electrons. The van der Waals surface area contributed by atoms with E-state index < -0.39 is 5.91 Å². The molecule has 0 saturated heterocycles. The summed E-state index contributed by atoms with van der Waals surface area (Å²) in [5.41, 5.74) is 1.02. The highest BCUT2D eigenvalue weighted by atomic mass is 35.5. The van der Waals surface area contributed by atoms with E-state index in [1.165, 1.54) is 21.9 Å². The van der Waals surface area contributed by atoms with Crippen LogP contribution in [0.4, 0.5) is 5.69 Å². The van der Waals surface area contributed by atoms with E-state index in [1.807, 2.05) is 13.8 Å². The van der Waals surface area contributed by atoms with Crippen LogP contribution >= 0.6 is 22.9 Å². The van der Waals surface area contributed by atoms with Crippen LogP contribution in [-0.4, -0.2) is 15.3 Å². The SMILES string of the molecule is Cc1sc2ncc(C(=O)Nc3ccc(Cl)cc3)c(=O)n2c1C. The quantitative estimate of drug-likeness (QED) is 0.782. The topological polar surface area (TPSA) is 63.5 Å². The van der Waals surface area contributed by atoms with Crippen LogP contribution in [0, 0.1) is 13.8 Å². The van der Waals surface area contributed by atoms with Gasteiger partial charge in [-0.15, -0.1) is 11.3 Å². The number of rotatable bonds is 2. The van der Waals surface area contributed by atoms with Crippen molar-refractivity contribution in [3.05, 3.63) is 62.0 Å². The second-order valence-corrected chi connectivity index (χ2v) is 6.42. The fourth-order valence-corrected chi connectivity index (χ4v) is 3.12. The maximum atomic E-state index is 12.5. The molecule has 0 aliphatic carbocycles. The first kappa shape index (κ1) is 14.7. The summed E-state index contributed by atoms with van der Waals surface area (Å²) < 4.78 is 1.47. The molecule has 2 heterocycles. The molecule has 1 aromatic carbocycles. The lowest BCUT2D eigenvalue weighted by Crippen LogP contribution is -2.26. The van der Waals surface area contributed by atoms with Gasteiger partial charge in [0.15, 0.2) is 4.96 Å². The van der Waals surface area contributed by atoms with Crippen molar-refractivity contribution in [3.8, 4) is 0 Å². The summed E-state index contributed by atoms with van der Waals surface area (Å²) >= 11 is 7.23. The van der Waals surface area contributed by atoms with Gasteiger partial charge in [-0.05, 0) is 38.1 Å². The lowest BCUT2D eigenvalue weighted by atomic mass is 10.2. The Labute approximate surface area is 135 Å². The number of nitrogens with one attached hydrogen (secondary N) is 1. The zero-order chi connectivity index (χ0) is 15.9. The number of hydrogen-bond acceptors (Lipinski definition) is 4. The Morgan fingerprint density at radius 2 is 1.95 bits per heavy atom. The Balaban J connectivity index is 2.01. The van der Waals surface area contributed by atoms with Crippen molar-refractivity contribution in [2.45, 2.75) is 13.8 Å². The minimum Gasteiger partial charge on any atom is -0.322 e. The number of aryl methyl sites for hydroxylation is 2. The predicted octanol–water partition coefficient (Wildman–Crippen LogP) is 3.28. The molecule has 22 heavy (non-hydrogen) atoms. The van der Waals surface area contributed by atoms with Crippen molar-refractivity contribution in [2.24, 2.45) is 0 Å². The third-order valence-corrected chi connectivity index (χ3v) is 4.69. The average molecular weight is 334 g/mol. The molecule has 2 aromatic heterocycles. The highest BCUT2D eigenvalue weighted by Crippen LogP contribution is 2.19. The number of halogens is 1. The van der Waals surface area contributed by atoms with Gasteiger partial charge < -0.3 is 5.32 Å². The largest absolute Gasteiger partial charge is 0.322 e. The summed E-state index contributed by atoms with van der Waals surface area (Å²) in [6, 6.07) is 6.67. The van der Waals surface area contributed by atoms with E-state index in [1.54, 1.807) is 24.3 Å². The van der Waals surface area contributed by atoms with Gasteiger partial charge >= 0.3 is 0 Å². The summed E-state index contributed by atoms with van der Waals surface area (Å²) in [5, 5.41) is 3.24. The Bertz CT molecular complexity index is 928. The van der Waals surface area contributed by atoms with Crippen molar-refractivity contribution in [3.63, 3.8) is 0 Å². The van der Waals surface area contributed by atoms with E-state index in [9.17, 15) is 9.59 Å². The van der Waals surface area contributed by atoms with Gasteiger partial charge in [0.25, 0.3) is 11.5 Å². The molecule has 0 aliphatic heterocycles. The zero-order valence-electron chi connectivity index (χ0n) is 11.9. The first-order valence-corrected chi connectivity index (χ1v) is 7.71. The van der Waals surface area contributed by atoms with Crippen molar-refractivity contribution >= 4 is 39.5 Å². The normalized spacial score (nSPS) is 10.9. The van der Waals surface area contributed by atoms with Gasteiger partial charge in [0.2, 0.25) is 0 Å². The molecular formula is C15H12ClN3O2S.